The molecule has 1 aromatic carbocycles. The second kappa shape index (κ2) is 9.78. The molecule has 3 heterocycles. The fourth-order valence-corrected chi connectivity index (χ4v) is 5.25. The summed E-state index contributed by atoms with van der Waals surface area (Å²) in [4.78, 5) is 55.9. The van der Waals surface area contributed by atoms with E-state index in [1.54, 1.807) is 49.9 Å². The van der Waals surface area contributed by atoms with Gasteiger partial charge >= 0.3 is 6.09 Å². The molecule has 11 nitrogen and oxygen atoms in total. The lowest BCUT2D eigenvalue weighted by atomic mass is 10.1. The minimum Gasteiger partial charge on any atom is -0.444 e. The van der Waals surface area contributed by atoms with Crippen molar-refractivity contribution in [2.24, 2.45) is 5.73 Å². The predicted octanol–water partition coefficient (Wildman–Crippen LogP) is 0.983. The maximum absolute atomic E-state index is 13.4. The van der Waals surface area contributed by atoms with Crippen molar-refractivity contribution in [1.29, 1.82) is 5.26 Å². The van der Waals surface area contributed by atoms with E-state index in [0.29, 0.717) is 37.2 Å². The van der Waals surface area contributed by atoms with Gasteiger partial charge in [0, 0.05) is 30.9 Å². The number of nitrogens with one attached hydrogen (secondary N) is 1. The van der Waals surface area contributed by atoms with Crippen LogP contribution in [0, 0.1) is 11.3 Å². The van der Waals surface area contributed by atoms with Gasteiger partial charge in [-0.15, -0.1) is 0 Å². The van der Waals surface area contributed by atoms with E-state index in [-0.39, 0.29) is 24.4 Å². The summed E-state index contributed by atoms with van der Waals surface area (Å²) in [6.07, 6.45) is 1.15. The van der Waals surface area contributed by atoms with Gasteiger partial charge in [0.05, 0.1) is 18.2 Å². The highest BCUT2D eigenvalue weighted by Crippen LogP contribution is 2.36. The first-order valence-electron chi connectivity index (χ1n) is 12.1. The maximum atomic E-state index is 13.4. The molecule has 3 aliphatic heterocycles. The van der Waals surface area contributed by atoms with Gasteiger partial charge in [-0.3, -0.25) is 19.3 Å². The maximum Gasteiger partial charge on any atom is 0.408 e. The summed E-state index contributed by atoms with van der Waals surface area (Å²) in [6, 6.07) is 6.72. The first kappa shape index (κ1) is 25.4. The molecule has 3 N–H and O–H groups in total. The fourth-order valence-electron chi connectivity index (χ4n) is 5.25. The van der Waals surface area contributed by atoms with Gasteiger partial charge in [0.15, 0.2) is 0 Å². The number of alkyl carbamates (subject to hydrolysis) is 1. The fraction of sp³-hybridized carbons (Fsp3) is 0.560. The molecule has 3 aliphatic rings. The number of rotatable bonds is 6. The van der Waals surface area contributed by atoms with Crippen LogP contribution in [0.5, 0.6) is 0 Å². The van der Waals surface area contributed by atoms with E-state index in [0.717, 1.165) is 6.42 Å². The molecule has 4 rings (SSSR count). The second-order valence-electron chi connectivity index (χ2n) is 10.5. The van der Waals surface area contributed by atoms with Crippen molar-refractivity contribution in [1.82, 2.24) is 15.1 Å². The summed E-state index contributed by atoms with van der Waals surface area (Å²) in [5.74, 6) is -1.05. The molecule has 3 fully saturated rings. The number of benzene rings is 1. The van der Waals surface area contributed by atoms with Crippen molar-refractivity contribution in [3.8, 4) is 6.07 Å². The monoisotopic (exact) mass is 496 g/mol. The van der Waals surface area contributed by atoms with Gasteiger partial charge in [0.2, 0.25) is 17.7 Å². The molecule has 1 aromatic rings. The van der Waals surface area contributed by atoms with Gasteiger partial charge in [-0.1, -0.05) is 6.07 Å². The highest BCUT2D eigenvalue weighted by Gasteiger charge is 2.51. The van der Waals surface area contributed by atoms with E-state index in [1.165, 1.54) is 4.90 Å². The molecule has 3 saturated heterocycles. The van der Waals surface area contributed by atoms with Gasteiger partial charge in [0.1, 0.15) is 17.7 Å². The summed E-state index contributed by atoms with van der Waals surface area (Å²) in [6.45, 7) is 6.26. The number of carbonyl (C=O) groups is 4. The molecule has 4 amide bonds. The summed E-state index contributed by atoms with van der Waals surface area (Å²) in [5.41, 5.74) is 5.58. The van der Waals surface area contributed by atoms with Gasteiger partial charge in [-0.2, -0.15) is 5.26 Å². The zero-order valence-corrected chi connectivity index (χ0v) is 20.8. The molecule has 0 spiro atoms. The van der Waals surface area contributed by atoms with Crippen LogP contribution in [0.4, 0.5) is 10.5 Å². The van der Waals surface area contributed by atoms with Crippen LogP contribution in [0.3, 0.4) is 0 Å². The van der Waals surface area contributed by atoms with Crippen LogP contribution in [0.2, 0.25) is 0 Å². The van der Waals surface area contributed by atoms with Crippen LogP contribution in [0.15, 0.2) is 24.3 Å². The molecule has 0 aliphatic carbocycles. The molecule has 3 unspecified atom stereocenters. The largest absolute Gasteiger partial charge is 0.444 e. The Kier molecular flexibility index (Phi) is 6.91. The highest BCUT2D eigenvalue weighted by molar-refractivity contribution is 6.02. The van der Waals surface area contributed by atoms with E-state index in [9.17, 15) is 24.4 Å². The average Bonchev–Trinajstić information content (AvgIpc) is 3.51. The number of likely N-dealkylation sites (tertiary alicyclic amines) is 2. The van der Waals surface area contributed by atoms with Crippen LogP contribution >= 0.6 is 0 Å². The van der Waals surface area contributed by atoms with Gasteiger partial charge in [-0.25, -0.2) is 4.79 Å². The topological polar surface area (TPSA) is 149 Å². The summed E-state index contributed by atoms with van der Waals surface area (Å²) in [5, 5.41) is 12.1. The van der Waals surface area contributed by atoms with Crippen molar-refractivity contribution in [3.63, 3.8) is 0 Å². The Morgan fingerprint density at radius 3 is 2.69 bits per heavy atom. The van der Waals surface area contributed by atoms with Crippen LogP contribution in [0.25, 0.3) is 0 Å². The van der Waals surface area contributed by atoms with Gasteiger partial charge in [-0.05, 0) is 58.2 Å². The second-order valence-corrected chi connectivity index (χ2v) is 10.5. The predicted molar refractivity (Wildman–Crippen MR) is 130 cm³/mol. The van der Waals surface area contributed by atoms with Crippen LogP contribution in [-0.4, -0.2) is 83.0 Å². The van der Waals surface area contributed by atoms with E-state index in [2.05, 4.69) is 11.4 Å². The molecule has 0 saturated carbocycles. The van der Waals surface area contributed by atoms with Gasteiger partial charge in [0.25, 0.3) is 0 Å². The number of primary amides is 1. The first-order valence-corrected chi connectivity index (χ1v) is 12.1. The Hall–Kier alpha value is -3.65. The molecular formula is C25H32N6O5. The number of nitrogens with two attached hydrogens (primary N) is 1. The number of ether oxygens (including phenoxy) is 1. The third-order valence-corrected chi connectivity index (χ3v) is 6.77. The molecule has 192 valence electrons. The molecule has 4 atom stereocenters. The number of hydrogen-bond acceptors (Lipinski definition) is 7. The minimum absolute atomic E-state index is 0.120. The lowest BCUT2D eigenvalue weighted by Crippen LogP contribution is -2.59. The third-order valence-electron chi connectivity index (χ3n) is 6.77. The number of amides is 4. The number of fused-ring (bicyclic) bond motifs is 2. The third kappa shape index (κ3) is 5.14. The normalized spacial score (nSPS) is 24.5. The zero-order chi connectivity index (χ0) is 26.2. The standard InChI is InChI=1S/C25H32N6O5/c1-25(2,3)36-24(35)28-19(22(33)30-9-5-8-17(30)12-26)14-29-13-18-11-20(29)23(34)31(18)16-7-4-6-15(10-16)21(27)32/h4,6-7,10,17-20H,5,8-9,11,13-14H2,1-3H3,(H2,27,32)(H,28,35)/t17?,18-,19?,20?/m0/s1. The quantitative estimate of drug-likeness (QED) is 0.596. The number of hydrogen-bond donors (Lipinski definition) is 2. The average molecular weight is 497 g/mol. The van der Waals surface area contributed by atoms with E-state index in [4.69, 9.17) is 10.5 Å². The molecule has 2 bridgehead atoms. The van der Waals surface area contributed by atoms with Gasteiger partial charge < -0.3 is 25.6 Å². The van der Waals surface area contributed by atoms with Crippen LogP contribution in [0.1, 0.15) is 50.4 Å². The molecule has 36 heavy (non-hydrogen) atoms. The van der Waals surface area contributed by atoms with Crippen molar-refractivity contribution in [3.05, 3.63) is 29.8 Å². The summed E-state index contributed by atoms with van der Waals surface area (Å²) >= 11 is 0. The Morgan fingerprint density at radius 2 is 2.06 bits per heavy atom. The van der Waals surface area contributed by atoms with E-state index >= 15 is 0 Å². The SMILES string of the molecule is CC(C)(C)OC(=O)NC(CN1C[C@@H]2CC1C(=O)N2c1cccc(C(N)=O)c1)C(=O)N1CCCC1C#N. The highest BCUT2D eigenvalue weighted by atomic mass is 16.6. The lowest BCUT2D eigenvalue weighted by Gasteiger charge is -2.36. The minimum atomic E-state index is -0.965. The van der Waals surface area contributed by atoms with Crippen molar-refractivity contribution < 1.29 is 23.9 Å². The van der Waals surface area contributed by atoms with E-state index in [1.807, 2.05) is 4.90 Å². The zero-order valence-electron chi connectivity index (χ0n) is 20.8. The summed E-state index contributed by atoms with van der Waals surface area (Å²) < 4.78 is 5.37. The first-order chi connectivity index (χ1) is 17.0. The number of nitrogens with zero attached hydrogens (tertiary/aromatic N) is 4. The van der Waals surface area contributed by atoms with Crippen LogP contribution < -0.4 is 16.0 Å². The Labute approximate surface area is 210 Å². The molecular weight excluding hydrogens is 464 g/mol. The molecule has 0 radical (unpaired) electrons. The Balaban J connectivity index is 1.50. The number of nitriles is 1. The summed E-state index contributed by atoms with van der Waals surface area (Å²) in [7, 11) is 0. The van der Waals surface area contributed by atoms with Crippen molar-refractivity contribution in [2.45, 2.75) is 69.8 Å². The molecule has 0 aromatic heterocycles. The lowest BCUT2D eigenvalue weighted by molar-refractivity contribution is -0.135. The Morgan fingerprint density at radius 1 is 1.31 bits per heavy atom. The van der Waals surface area contributed by atoms with Crippen molar-refractivity contribution in [2.75, 3.05) is 24.5 Å². The van der Waals surface area contributed by atoms with Crippen molar-refractivity contribution >= 4 is 29.5 Å². The number of carbonyl (C=O) groups excluding carboxylic acids is 4. The number of anilines is 1. The Bertz CT molecular complexity index is 1110. The molecule has 11 heteroatoms. The van der Waals surface area contributed by atoms with Crippen LogP contribution in [-0.2, 0) is 14.3 Å². The smallest absolute Gasteiger partial charge is 0.408 e. The van der Waals surface area contributed by atoms with E-state index < -0.39 is 35.7 Å². The number of piperazine rings is 1.